The number of amides is 1. The lowest BCUT2D eigenvalue weighted by Crippen LogP contribution is -2.20. The van der Waals surface area contributed by atoms with Gasteiger partial charge in [0.05, 0.1) is 16.6 Å². The Morgan fingerprint density at radius 2 is 2.03 bits per heavy atom. The summed E-state index contributed by atoms with van der Waals surface area (Å²) in [6, 6.07) is 10.6. The minimum absolute atomic E-state index is 0.378. The van der Waals surface area contributed by atoms with Crippen molar-refractivity contribution in [2.24, 2.45) is 5.92 Å². The number of hydrogen-bond acceptors (Lipinski definition) is 4. The molecule has 6 rings (SSSR count). The first-order valence-corrected chi connectivity index (χ1v) is 11.6. The summed E-state index contributed by atoms with van der Waals surface area (Å²) in [4.78, 5) is 22.6. The Kier molecular flexibility index (Phi) is 4.59. The molecular formula is C26H27N5O. The second-order valence-electron chi connectivity index (χ2n) is 9.17. The summed E-state index contributed by atoms with van der Waals surface area (Å²) in [7, 11) is 0. The molecule has 1 amide bonds. The Bertz CT molecular complexity index is 1270. The number of fused-ring (bicyclic) bond motifs is 1. The van der Waals surface area contributed by atoms with Crippen molar-refractivity contribution in [2.75, 3.05) is 18.8 Å². The predicted molar refractivity (Wildman–Crippen MR) is 127 cm³/mol. The molecule has 0 spiro atoms. The van der Waals surface area contributed by atoms with Crippen LogP contribution >= 0.6 is 0 Å². The molecule has 6 heteroatoms. The second-order valence-corrected chi connectivity index (χ2v) is 9.17. The van der Waals surface area contributed by atoms with Crippen molar-refractivity contribution >= 4 is 29.0 Å². The van der Waals surface area contributed by atoms with Crippen LogP contribution in [-0.2, 0) is 4.79 Å². The molecule has 1 aromatic carbocycles. The highest BCUT2D eigenvalue weighted by Crippen LogP contribution is 2.43. The number of rotatable bonds is 5. The first kappa shape index (κ1) is 19.3. The lowest BCUT2D eigenvalue weighted by molar-refractivity contribution is -0.117. The molecule has 1 saturated carbocycles. The van der Waals surface area contributed by atoms with Gasteiger partial charge in [-0.25, -0.2) is 9.97 Å². The highest BCUT2D eigenvalue weighted by Gasteiger charge is 2.30. The summed E-state index contributed by atoms with van der Waals surface area (Å²) < 4.78 is 2.29. The molecule has 3 aromatic rings. The van der Waals surface area contributed by atoms with E-state index in [2.05, 4.69) is 39.9 Å². The molecule has 2 aliphatic carbocycles. The number of allylic oxidation sites excluding steroid dienone is 3. The second kappa shape index (κ2) is 7.62. The van der Waals surface area contributed by atoms with Gasteiger partial charge in [-0.1, -0.05) is 12.1 Å². The molecule has 0 radical (unpaired) electrons. The minimum Gasteiger partial charge on any atom is -0.383 e. The predicted octanol–water partition coefficient (Wildman–Crippen LogP) is 4.60. The van der Waals surface area contributed by atoms with Gasteiger partial charge in [0, 0.05) is 30.9 Å². The summed E-state index contributed by atoms with van der Waals surface area (Å²) in [5.74, 6) is 2.37. The SMILES string of the molecule is Nc1ncccc1-c1nc2ccc(C3CC3)cc2n1C1=C([C@@H]2CCN(C=O)C2)CCC=C1. The third-order valence-corrected chi connectivity index (χ3v) is 7.09. The summed E-state index contributed by atoms with van der Waals surface area (Å²) in [6.45, 7) is 1.62. The normalized spacial score (nSPS) is 21.0. The fraction of sp³-hybridized carbons (Fsp3) is 0.346. The summed E-state index contributed by atoms with van der Waals surface area (Å²) in [5.41, 5.74) is 13.2. The molecule has 1 saturated heterocycles. The van der Waals surface area contributed by atoms with E-state index in [0.29, 0.717) is 17.7 Å². The van der Waals surface area contributed by atoms with Crippen LogP contribution in [0.1, 0.15) is 43.6 Å². The molecule has 3 heterocycles. The quantitative estimate of drug-likeness (QED) is 0.606. The smallest absolute Gasteiger partial charge is 0.209 e. The van der Waals surface area contributed by atoms with Crippen molar-refractivity contribution in [2.45, 2.75) is 38.0 Å². The number of likely N-dealkylation sites (tertiary alicyclic amines) is 1. The lowest BCUT2D eigenvalue weighted by Gasteiger charge is -2.24. The molecule has 1 atom stereocenters. The third-order valence-electron chi connectivity index (χ3n) is 7.09. The van der Waals surface area contributed by atoms with Gasteiger partial charge in [-0.15, -0.1) is 0 Å². The first-order valence-electron chi connectivity index (χ1n) is 11.6. The van der Waals surface area contributed by atoms with E-state index in [4.69, 9.17) is 10.7 Å². The van der Waals surface area contributed by atoms with Gasteiger partial charge in [0.2, 0.25) is 6.41 Å². The number of nitrogens with two attached hydrogens (primary N) is 1. The number of carbonyl (C=O) groups excluding carboxylic acids is 1. The average Bonchev–Trinajstić information content (AvgIpc) is 3.45. The zero-order valence-corrected chi connectivity index (χ0v) is 18.1. The Balaban J connectivity index is 1.60. The number of nitrogens with zero attached hydrogens (tertiary/aromatic N) is 4. The van der Waals surface area contributed by atoms with Crippen molar-refractivity contribution in [3.63, 3.8) is 0 Å². The Morgan fingerprint density at radius 3 is 2.81 bits per heavy atom. The molecule has 2 aromatic heterocycles. The maximum Gasteiger partial charge on any atom is 0.209 e. The molecule has 1 aliphatic heterocycles. The fourth-order valence-electron chi connectivity index (χ4n) is 5.26. The van der Waals surface area contributed by atoms with Gasteiger partial charge >= 0.3 is 0 Å². The molecular weight excluding hydrogens is 398 g/mol. The number of pyridine rings is 1. The summed E-state index contributed by atoms with van der Waals surface area (Å²) in [6.07, 6.45) is 12.8. The number of hydrogen-bond donors (Lipinski definition) is 1. The van der Waals surface area contributed by atoms with Gasteiger partial charge in [-0.2, -0.15) is 0 Å². The van der Waals surface area contributed by atoms with Crippen LogP contribution in [0.5, 0.6) is 0 Å². The van der Waals surface area contributed by atoms with Crippen LogP contribution in [0.15, 0.2) is 54.3 Å². The van der Waals surface area contributed by atoms with E-state index >= 15 is 0 Å². The highest BCUT2D eigenvalue weighted by molar-refractivity contribution is 5.89. The Hall–Kier alpha value is -3.41. The van der Waals surface area contributed by atoms with E-state index in [-0.39, 0.29) is 0 Å². The van der Waals surface area contributed by atoms with Gasteiger partial charge in [-0.3, -0.25) is 9.36 Å². The lowest BCUT2D eigenvalue weighted by atomic mass is 9.89. The number of aromatic nitrogens is 3. The van der Waals surface area contributed by atoms with Crippen molar-refractivity contribution in [1.82, 2.24) is 19.4 Å². The molecule has 0 unspecified atom stereocenters. The van der Waals surface area contributed by atoms with E-state index < -0.39 is 0 Å². The molecule has 6 nitrogen and oxygen atoms in total. The maximum atomic E-state index is 11.4. The average molecular weight is 426 g/mol. The molecule has 0 bridgehead atoms. The maximum absolute atomic E-state index is 11.4. The fourth-order valence-corrected chi connectivity index (χ4v) is 5.26. The number of carbonyl (C=O) groups is 1. The highest BCUT2D eigenvalue weighted by atomic mass is 16.1. The molecule has 32 heavy (non-hydrogen) atoms. The van der Waals surface area contributed by atoms with Crippen molar-refractivity contribution in [3.8, 4) is 11.4 Å². The van der Waals surface area contributed by atoms with Crippen LogP contribution in [0.2, 0.25) is 0 Å². The third kappa shape index (κ3) is 3.22. The molecule has 2 N–H and O–H groups in total. The summed E-state index contributed by atoms with van der Waals surface area (Å²) >= 11 is 0. The van der Waals surface area contributed by atoms with Crippen molar-refractivity contribution in [1.29, 1.82) is 0 Å². The van der Waals surface area contributed by atoms with E-state index in [9.17, 15) is 4.79 Å². The van der Waals surface area contributed by atoms with E-state index in [1.807, 2.05) is 17.0 Å². The van der Waals surface area contributed by atoms with Crippen LogP contribution < -0.4 is 5.73 Å². The molecule has 3 aliphatic rings. The summed E-state index contributed by atoms with van der Waals surface area (Å²) in [5, 5.41) is 0. The van der Waals surface area contributed by atoms with Crippen LogP contribution in [0.3, 0.4) is 0 Å². The monoisotopic (exact) mass is 425 g/mol. The zero-order chi connectivity index (χ0) is 21.7. The van der Waals surface area contributed by atoms with E-state index in [1.54, 1.807) is 6.20 Å². The number of nitrogen functional groups attached to an aromatic ring is 1. The topological polar surface area (TPSA) is 77.0 Å². The van der Waals surface area contributed by atoms with Crippen LogP contribution in [0.25, 0.3) is 28.1 Å². The van der Waals surface area contributed by atoms with Crippen LogP contribution in [-0.4, -0.2) is 38.9 Å². The number of anilines is 1. The zero-order valence-electron chi connectivity index (χ0n) is 18.1. The molecule has 2 fully saturated rings. The van der Waals surface area contributed by atoms with Crippen LogP contribution in [0.4, 0.5) is 5.82 Å². The van der Waals surface area contributed by atoms with Gasteiger partial charge < -0.3 is 10.6 Å². The van der Waals surface area contributed by atoms with Crippen molar-refractivity contribution in [3.05, 3.63) is 59.8 Å². The number of imidazole rings is 1. The minimum atomic E-state index is 0.378. The van der Waals surface area contributed by atoms with E-state index in [0.717, 1.165) is 61.2 Å². The van der Waals surface area contributed by atoms with Gasteiger partial charge in [0.1, 0.15) is 11.6 Å². The van der Waals surface area contributed by atoms with Gasteiger partial charge in [0.25, 0.3) is 0 Å². The Labute approximate surface area is 187 Å². The van der Waals surface area contributed by atoms with E-state index in [1.165, 1.54) is 29.7 Å². The first-order chi connectivity index (χ1) is 15.7. The molecule has 162 valence electrons. The number of benzene rings is 1. The van der Waals surface area contributed by atoms with Crippen LogP contribution in [0, 0.1) is 5.92 Å². The standard InChI is InChI=1S/C26H27N5O/c27-25-21(5-3-12-28-25)26-29-22-10-9-18(17-7-8-17)14-24(22)31(26)23-6-2-1-4-20(23)19-11-13-30(15-19)16-32/h2-3,5-6,9-10,12,14,16-17,19H,1,4,7-8,11,13,15H2,(H2,27,28)/t19-/m1/s1. The van der Waals surface area contributed by atoms with Gasteiger partial charge in [-0.05, 0) is 79.5 Å². The van der Waals surface area contributed by atoms with Gasteiger partial charge in [0.15, 0.2) is 0 Å². The Morgan fingerprint density at radius 1 is 1.12 bits per heavy atom. The largest absolute Gasteiger partial charge is 0.383 e. The van der Waals surface area contributed by atoms with Crippen molar-refractivity contribution < 1.29 is 4.79 Å².